The summed E-state index contributed by atoms with van der Waals surface area (Å²) >= 11 is 0. The van der Waals surface area contributed by atoms with Crippen molar-refractivity contribution in [1.29, 1.82) is 0 Å². The summed E-state index contributed by atoms with van der Waals surface area (Å²) in [5, 5.41) is 10.3. The molecule has 4 atom stereocenters. The minimum absolute atomic E-state index is 0.0530. The Kier molecular flexibility index (Phi) is 4.67. The fourth-order valence-corrected chi connectivity index (χ4v) is 3.29. The number of carbonyl (C=O) groups excluding carboxylic acids is 1. The summed E-state index contributed by atoms with van der Waals surface area (Å²) in [7, 11) is 0. The fraction of sp³-hybridized carbons (Fsp3) is 0.812. The van der Waals surface area contributed by atoms with Crippen molar-refractivity contribution >= 4 is 5.97 Å². The van der Waals surface area contributed by atoms with Gasteiger partial charge in [0.05, 0.1) is 12.0 Å². The van der Waals surface area contributed by atoms with Crippen molar-refractivity contribution in [2.45, 2.75) is 70.5 Å². The van der Waals surface area contributed by atoms with Crippen molar-refractivity contribution < 1.29 is 14.6 Å². The Morgan fingerprint density at radius 3 is 2.95 bits per heavy atom. The van der Waals surface area contributed by atoms with E-state index in [0.717, 1.165) is 25.7 Å². The molecule has 0 spiro atoms. The molecule has 2 rings (SSSR count). The van der Waals surface area contributed by atoms with Crippen molar-refractivity contribution in [2.75, 3.05) is 0 Å². The van der Waals surface area contributed by atoms with E-state index in [1.54, 1.807) is 0 Å². The lowest BCUT2D eigenvalue weighted by Gasteiger charge is -2.20. The predicted molar refractivity (Wildman–Crippen MR) is 74.6 cm³/mol. The molecule has 1 aliphatic carbocycles. The van der Waals surface area contributed by atoms with E-state index < -0.39 is 5.60 Å². The van der Waals surface area contributed by atoms with Crippen LogP contribution in [-0.2, 0) is 9.53 Å². The van der Waals surface area contributed by atoms with E-state index >= 15 is 0 Å². The lowest BCUT2D eigenvalue weighted by molar-refractivity contribution is -0.141. The van der Waals surface area contributed by atoms with Gasteiger partial charge in [0.2, 0.25) is 0 Å². The molecule has 1 aliphatic heterocycles. The predicted octanol–water partition coefficient (Wildman–Crippen LogP) is 3.22. The van der Waals surface area contributed by atoms with E-state index in [9.17, 15) is 9.90 Å². The maximum absolute atomic E-state index is 11.3. The third-order valence-corrected chi connectivity index (χ3v) is 4.49. The zero-order chi connectivity index (χ0) is 13.9. The van der Waals surface area contributed by atoms with Crippen molar-refractivity contribution in [1.82, 2.24) is 0 Å². The molecule has 1 saturated heterocycles. The first-order valence-corrected chi connectivity index (χ1v) is 7.63. The summed E-state index contributed by atoms with van der Waals surface area (Å²) < 4.78 is 5.29. The Bertz CT molecular complexity index is 346. The van der Waals surface area contributed by atoms with E-state index in [2.05, 4.69) is 13.0 Å². The topological polar surface area (TPSA) is 46.5 Å². The SMILES string of the molecule is CCCCCC(C)(O)/C=C/C1CC[C@@H]2OC(=O)C[C@H]12. The van der Waals surface area contributed by atoms with Crippen LogP contribution in [0.15, 0.2) is 12.2 Å². The molecular weight excluding hydrogens is 240 g/mol. The molecule has 3 nitrogen and oxygen atoms in total. The molecule has 0 radical (unpaired) electrons. The minimum Gasteiger partial charge on any atom is -0.462 e. The van der Waals surface area contributed by atoms with Gasteiger partial charge in [-0.15, -0.1) is 0 Å². The smallest absolute Gasteiger partial charge is 0.306 e. The molecule has 1 heterocycles. The second-order valence-electron chi connectivity index (χ2n) is 6.31. The zero-order valence-electron chi connectivity index (χ0n) is 12.1. The number of allylic oxidation sites excluding steroid dienone is 1. The van der Waals surface area contributed by atoms with Crippen LogP contribution in [-0.4, -0.2) is 22.8 Å². The summed E-state index contributed by atoms with van der Waals surface area (Å²) in [6, 6.07) is 0. The summed E-state index contributed by atoms with van der Waals surface area (Å²) in [5.41, 5.74) is -0.712. The largest absolute Gasteiger partial charge is 0.462 e. The number of aliphatic hydroxyl groups is 1. The van der Waals surface area contributed by atoms with Gasteiger partial charge in [0.25, 0.3) is 0 Å². The molecule has 19 heavy (non-hydrogen) atoms. The second kappa shape index (κ2) is 6.08. The molecule has 2 unspecified atom stereocenters. The van der Waals surface area contributed by atoms with Crippen LogP contribution in [0.4, 0.5) is 0 Å². The molecule has 108 valence electrons. The quantitative estimate of drug-likeness (QED) is 0.456. The van der Waals surface area contributed by atoms with Crippen LogP contribution in [0.5, 0.6) is 0 Å². The van der Waals surface area contributed by atoms with Crippen LogP contribution in [0.3, 0.4) is 0 Å². The summed E-state index contributed by atoms with van der Waals surface area (Å²) in [4.78, 5) is 11.3. The van der Waals surface area contributed by atoms with E-state index in [1.807, 2.05) is 13.0 Å². The van der Waals surface area contributed by atoms with Gasteiger partial charge in [0, 0.05) is 5.92 Å². The van der Waals surface area contributed by atoms with Gasteiger partial charge >= 0.3 is 5.97 Å². The molecule has 2 aliphatic rings. The van der Waals surface area contributed by atoms with E-state index in [4.69, 9.17) is 4.74 Å². The fourth-order valence-electron chi connectivity index (χ4n) is 3.29. The Morgan fingerprint density at radius 1 is 1.42 bits per heavy atom. The maximum Gasteiger partial charge on any atom is 0.306 e. The molecule has 1 saturated carbocycles. The summed E-state index contributed by atoms with van der Waals surface area (Å²) in [6.07, 6.45) is 11.0. The summed E-state index contributed by atoms with van der Waals surface area (Å²) in [6.45, 7) is 4.04. The zero-order valence-corrected chi connectivity index (χ0v) is 12.1. The first kappa shape index (κ1) is 14.6. The van der Waals surface area contributed by atoms with Gasteiger partial charge in [0.15, 0.2) is 0 Å². The van der Waals surface area contributed by atoms with Crippen molar-refractivity contribution in [2.24, 2.45) is 11.8 Å². The summed E-state index contributed by atoms with van der Waals surface area (Å²) in [5.74, 6) is 0.687. The van der Waals surface area contributed by atoms with Gasteiger partial charge in [-0.05, 0) is 32.1 Å². The molecule has 0 aromatic rings. The monoisotopic (exact) mass is 266 g/mol. The van der Waals surface area contributed by atoms with Gasteiger partial charge in [-0.2, -0.15) is 0 Å². The highest BCUT2D eigenvalue weighted by molar-refractivity contribution is 5.72. The number of esters is 1. The third kappa shape index (κ3) is 3.82. The van der Waals surface area contributed by atoms with Crippen LogP contribution in [0.25, 0.3) is 0 Å². The van der Waals surface area contributed by atoms with Gasteiger partial charge in [0.1, 0.15) is 6.10 Å². The Hall–Kier alpha value is -0.830. The van der Waals surface area contributed by atoms with Crippen molar-refractivity contribution in [3.05, 3.63) is 12.2 Å². The first-order valence-electron chi connectivity index (χ1n) is 7.63. The van der Waals surface area contributed by atoms with E-state index in [-0.39, 0.29) is 12.1 Å². The van der Waals surface area contributed by atoms with Gasteiger partial charge in [-0.25, -0.2) is 0 Å². The number of hydrogen-bond donors (Lipinski definition) is 1. The highest BCUT2D eigenvalue weighted by atomic mass is 16.5. The number of hydrogen-bond acceptors (Lipinski definition) is 3. The Labute approximate surface area is 116 Å². The average Bonchev–Trinajstić information content (AvgIpc) is 2.86. The van der Waals surface area contributed by atoms with Crippen LogP contribution < -0.4 is 0 Å². The number of ether oxygens (including phenoxy) is 1. The number of rotatable bonds is 6. The molecule has 0 bridgehead atoms. The molecule has 0 amide bonds. The second-order valence-corrected chi connectivity index (χ2v) is 6.31. The van der Waals surface area contributed by atoms with E-state index in [1.165, 1.54) is 12.8 Å². The van der Waals surface area contributed by atoms with Crippen molar-refractivity contribution in [3.8, 4) is 0 Å². The van der Waals surface area contributed by atoms with Crippen LogP contribution in [0, 0.1) is 11.8 Å². The normalized spacial score (nSPS) is 33.4. The lowest BCUT2D eigenvalue weighted by atomic mass is 9.90. The highest BCUT2D eigenvalue weighted by Gasteiger charge is 2.43. The van der Waals surface area contributed by atoms with Crippen LogP contribution in [0.1, 0.15) is 58.8 Å². The highest BCUT2D eigenvalue weighted by Crippen LogP contribution is 2.42. The molecule has 0 aromatic carbocycles. The molecule has 1 N–H and O–H groups in total. The number of carbonyl (C=O) groups is 1. The standard InChI is InChI=1S/C16H26O3/c1-3-4-5-9-16(2,18)10-8-12-6-7-14-13(12)11-15(17)19-14/h8,10,12-14,18H,3-7,9,11H2,1-2H3/b10-8+/t12?,13-,14+,16?/m1/s1. The molecular formula is C16H26O3. The van der Waals surface area contributed by atoms with Crippen molar-refractivity contribution in [3.63, 3.8) is 0 Å². The third-order valence-electron chi connectivity index (χ3n) is 4.49. The molecule has 0 aromatic heterocycles. The Morgan fingerprint density at radius 2 is 2.21 bits per heavy atom. The minimum atomic E-state index is -0.712. The maximum atomic E-state index is 11.3. The van der Waals surface area contributed by atoms with E-state index in [0.29, 0.717) is 18.3 Å². The number of unbranched alkanes of at least 4 members (excludes halogenated alkanes) is 2. The average molecular weight is 266 g/mol. The van der Waals surface area contributed by atoms with Gasteiger partial charge in [-0.3, -0.25) is 4.79 Å². The van der Waals surface area contributed by atoms with Gasteiger partial charge in [-0.1, -0.05) is 38.3 Å². The first-order chi connectivity index (χ1) is 9.02. The molecule has 3 heteroatoms. The lowest BCUT2D eigenvalue weighted by Crippen LogP contribution is -2.21. The molecule has 2 fully saturated rings. The van der Waals surface area contributed by atoms with Gasteiger partial charge < -0.3 is 9.84 Å². The number of fused-ring (bicyclic) bond motifs is 1. The van der Waals surface area contributed by atoms with Crippen LogP contribution in [0.2, 0.25) is 0 Å². The van der Waals surface area contributed by atoms with Crippen LogP contribution >= 0.6 is 0 Å². The Balaban J connectivity index is 1.86.